The minimum Gasteiger partial charge on any atom is -0.366 e. The van der Waals surface area contributed by atoms with Crippen LogP contribution in [0.4, 0.5) is 5.69 Å². The van der Waals surface area contributed by atoms with Gasteiger partial charge in [0.15, 0.2) is 0 Å². The van der Waals surface area contributed by atoms with Gasteiger partial charge in [0.2, 0.25) is 0 Å². The Bertz CT molecular complexity index is 400. The van der Waals surface area contributed by atoms with Gasteiger partial charge in [-0.25, -0.2) is 0 Å². The molecule has 1 aromatic carbocycles. The number of nitrogens with zero attached hydrogens (tertiary/aromatic N) is 1. The second kappa shape index (κ2) is 5.54. The fourth-order valence-corrected chi connectivity index (χ4v) is 2.79. The van der Waals surface area contributed by atoms with E-state index in [-0.39, 0.29) is 5.41 Å². The van der Waals surface area contributed by atoms with Crippen molar-refractivity contribution in [1.29, 1.82) is 0 Å². The van der Waals surface area contributed by atoms with Crippen LogP contribution < -0.4 is 10.2 Å². The monoisotopic (exact) mass is 260 g/mol. The normalized spacial score (nSPS) is 20.9. The van der Waals surface area contributed by atoms with Crippen LogP contribution in [0.25, 0.3) is 0 Å². The summed E-state index contributed by atoms with van der Waals surface area (Å²) in [5, 5.41) is 3.51. The van der Waals surface area contributed by atoms with E-state index in [0.29, 0.717) is 12.0 Å². The predicted molar refractivity (Wildman–Crippen MR) is 84.0 cm³/mol. The Balaban J connectivity index is 2.20. The maximum atomic E-state index is 3.51. The van der Waals surface area contributed by atoms with E-state index in [1.165, 1.54) is 11.3 Å². The lowest BCUT2D eigenvalue weighted by atomic mass is 9.87. The lowest BCUT2D eigenvalue weighted by molar-refractivity contribution is 0.390. The van der Waals surface area contributed by atoms with Gasteiger partial charge in [-0.1, -0.05) is 46.8 Å². The highest BCUT2D eigenvalue weighted by molar-refractivity contribution is 5.50. The molecule has 1 heterocycles. The summed E-state index contributed by atoms with van der Waals surface area (Å²) in [6, 6.07) is 9.76. The molecule has 1 saturated heterocycles. The molecule has 0 amide bonds. The van der Waals surface area contributed by atoms with Gasteiger partial charge in [-0.15, -0.1) is 0 Å². The second-order valence-corrected chi connectivity index (χ2v) is 7.01. The van der Waals surface area contributed by atoms with Crippen LogP contribution in [0.3, 0.4) is 0 Å². The molecule has 2 heteroatoms. The van der Waals surface area contributed by atoms with Gasteiger partial charge < -0.3 is 10.2 Å². The molecular formula is C17H28N2. The van der Waals surface area contributed by atoms with Crippen LogP contribution in [-0.2, 0) is 5.41 Å². The van der Waals surface area contributed by atoms with E-state index in [1.807, 2.05) is 0 Å². The minimum atomic E-state index is 0.236. The zero-order chi connectivity index (χ0) is 14.0. The molecule has 1 N–H and O–H groups in total. The van der Waals surface area contributed by atoms with E-state index in [4.69, 9.17) is 0 Å². The molecule has 2 nitrogen and oxygen atoms in total. The largest absolute Gasteiger partial charge is 0.366 e. The quantitative estimate of drug-likeness (QED) is 0.876. The number of piperazine rings is 1. The Labute approximate surface area is 118 Å². The Kier molecular flexibility index (Phi) is 4.19. The SMILES string of the molecule is CC(C)C1CNCCN1c1ccc(C(C)(C)C)cc1. The Morgan fingerprint density at radius 3 is 2.32 bits per heavy atom. The first-order valence-corrected chi connectivity index (χ1v) is 7.47. The molecule has 1 unspecified atom stereocenters. The van der Waals surface area contributed by atoms with Gasteiger partial charge in [0.25, 0.3) is 0 Å². The van der Waals surface area contributed by atoms with E-state index in [0.717, 1.165) is 19.6 Å². The number of rotatable bonds is 2. The molecule has 0 saturated carbocycles. The lowest BCUT2D eigenvalue weighted by Gasteiger charge is -2.40. The fourth-order valence-electron chi connectivity index (χ4n) is 2.79. The van der Waals surface area contributed by atoms with Gasteiger partial charge in [0.1, 0.15) is 0 Å². The van der Waals surface area contributed by atoms with E-state index in [1.54, 1.807) is 0 Å². The first kappa shape index (κ1) is 14.4. The number of hydrogen-bond acceptors (Lipinski definition) is 2. The van der Waals surface area contributed by atoms with Crippen molar-refractivity contribution in [2.24, 2.45) is 5.92 Å². The summed E-state index contributed by atoms with van der Waals surface area (Å²) < 4.78 is 0. The third-order valence-electron chi connectivity index (χ3n) is 4.12. The van der Waals surface area contributed by atoms with Crippen LogP contribution in [0.2, 0.25) is 0 Å². The van der Waals surface area contributed by atoms with Gasteiger partial charge in [0.05, 0.1) is 0 Å². The third-order valence-corrected chi connectivity index (χ3v) is 4.12. The molecule has 1 aromatic rings. The number of anilines is 1. The Morgan fingerprint density at radius 2 is 1.79 bits per heavy atom. The summed E-state index contributed by atoms with van der Waals surface area (Å²) in [4.78, 5) is 2.56. The zero-order valence-corrected chi connectivity index (χ0v) is 13.0. The van der Waals surface area contributed by atoms with E-state index in [9.17, 15) is 0 Å². The molecule has 106 valence electrons. The van der Waals surface area contributed by atoms with Crippen molar-refractivity contribution in [3.63, 3.8) is 0 Å². The van der Waals surface area contributed by atoms with Crippen LogP contribution in [0, 0.1) is 5.92 Å². The van der Waals surface area contributed by atoms with Crippen molar-refractivity contribution >= 4 is 5.69 Å². The second-order valence-electron chi connectivity index (χ2n) is 7.01. The van der Waals surface area contributed by atoms with E-state index >= 15 is 0 Å². The third kappa shape index (κ3) is 3.30. The summed E-state index contributed by atoms with van der Waals surface area (Å²) in [6.45, 7) is 14.7. The molecule has 19 heavy (non-hydrogen) atoms. The molecule has 0 spiro atoms. The lowest BCUT2D eigenvalue weighted by Crippen LogP contribution is -2.53. The highest BCUT2D eigenvalue weighted by Crippen LogP contribution is 2.27. The van der Waals surface area contributed by atoms with E-state index < -0.39 is 0 Å². The molecule has 1 atom stereocenters. The van der Waals surface area contributed by atoms with Gasteiger partial charge in [-0.2, -0.15) is 0 Å². The van der Waals surface area contributed by atoms with Gasteiger partial charge in [0, 0.05) is 31.4 Å². The van der Waals surface area contributed by atoms with Crippen LogP contribution in [0.5, 0.6) is 0 Å². The van der Waals surface area contributed by atoms with Gasteiger partial charge in [-0.05, 0) is 29.0 Å². The summed E-state index contributed by atoms with van der Waals surface area (Å²) in [6.07, 6.45) is 0. The molecular weight excluding hydrogens is 232 g/mol. The maximum Gasteiger partial charge on any atom is 0.0437 e. The van der Waals surface area contributed by atoms with Crippen molar-refractivity contribution in [3.05, 3.63) is 29.8 Å². The smallest absolute Gasteiger partial charge is 0.0437 e. The van der Waals surface area contributed by atoms with Crippen molar-refractivity contribution in [2.45, 2.75) is 46.1 Å². The number of hydrogen-bond donors (Lipinski definition) is 1. The van der Waals surface area contributed by atoms with Gasteiger partial charge in [-0.3, -0.25) is 0 Å². The summed E-state index contributed by atoms with van der Waals surface area (Å²) in [7, 11) is 0. The van der Waals surface area contributed by atoms with Crippen molar-refractivity contribution in [1.82, 2.24) is 5.32 Å². The molecule has 0 bridgehead atoms. The number of nitrogens with one attached hydrogen (secondary N) is 1. The Morgan fingerprint density at radius 1 is 1.16 bits per heavy atom. The minimum absolute atomic E-state index is 0.236. The van der Waals surface area contributed by atoms with Gasteiger partial charge >= 0.3 is 0 Å². The van der Waals surface area contributed by atoms with Crippen LogP contribution in [0.1, 0.15) is 40.2 Å². The van der Waals surface area contributed by atoms with Crippen LogP contribution in [0.15, 0.2) is 24.3 Å². The average Bonchev–Trinajstić information content (AvgIpc) is 2.38. The van der Waals surface area contributed by atoms with E-state index in [2.05, 4.69) is 69.1 Å². The molecule has 2 rings (SSSR count). The van der Waals surface area contributed by atoms with Crippen LogP contribution >= 0.6 is 0 Å². The van der Waals surface area contributed by atoms with Crippen molar-refractivity contribution in [2.75, 3.05) is 24.5 Å². The topological polar surface area (TPSA) is 15.3 Å². The summed E-state index contributed by atoms with van der Waals surface area (Å²) >= 11 is 0. The molecule has 1 aliphatic heterocycles. The molecule has 0 aromatic heterocycles. The van der Waals surface area contributed by atoms with Crippen LogP contribution in [-0.4, -0.2) is 25.7 Å². The molecule has 0 radical (unpaired) electrons. The number of benzene rings is 1. The predicted octanol–water partition coefficient (Wildman–Crippen LogP) is 3.42. The molecule has 1 aliphatic rings. The highest BCUT2D eigenvalue weighted by Gasteiger charge is 2.25. The Hall–Kier alpha value is -1.02. The van der Waals surface area contributed by atoms with Crippen molar-refractivity contribution < 1.29 is 0 Å². The summed E-state index contributed by atoms with van der Waals surface area (Å²) in [5.41, 5.74) is 3.01. The zero-order valence-electron chi connectivity index (χ0n) is 13.0. The maximum absolute atomic E-state index is 3.51. The first-order chi connectivity index (χ1) is 8.89. The standard InChI is InChI=1S/C17H28N2/c1-13(2)16-12-18-10-11-19(16)15-8-6-14(7-9-15)17(3,4)5/h6-9,13,16,18H,10-12H2,1-5H3. The first-order valence-electron chi connectivity index (χ1n) is 7.47. The average molecular weight is 260 g/mol. The molecule has 0 aliphatic carbocycles. The fraction of sp³-hybridized carbons (Fsp3) is 0.647. The van der Waals surface area contributed by atoms with Crippen molar-refractivity contribution in [3.8, 4) is 0 Å². The summed E-state index contributed by atoms with van der Waals surface area (Å²) in [5.74, 6) is 0.676. The highest BCUT2D eigenvalue weighted by atomic mass is 15.2. The molecule has 1 fully saturated rings.